The van der Waals surface area contributed by atoms with Gasteiger partial charge in [0.15, 0.2) is 0 Å². The molecule has 1 heterocycles. The Morgan fingerprint density at radius 3 is 2.21 bits per heavy atom. The van der Waals surface area contributed by atoms with E-state index < -0.39 is 0 Å². The van der Waals surface area contributed by atoms with Gasteiger partial charge in [-0.05, 0) is 67.1 Å². The number of anilines is 2. The molecule has 5 rings (SSSR count). The second kappa shape index (κ2) is 6.16. The van der Waals surface area contributed by atoms with Gasteiger partial charge in [0.2, 0.25) is 11.8 Å². The molecule has 2 aromatic carbocycles. The van der Waals surface area contributed by atoms with Gasteiger partial charge in [0.05, 0.1) is 17.5 Å². The molecule has 1 saturated heterocycles. The lowest BCUT2D eigenvalue weighted by Gasteiger charge is -2.17. The molecule has 3 amide bonds. The molecule has 2 fully saturated rings. The van der Waals surface area contributed by atoms with Crippen LogP contribution in [0.5, 0.6) is 0 Å². The van der Waals surface area contributed by atoms with Crippen LogP contribution in [0.2, 0.25) is 0 Å². The number of benzene rings is 2. The van der Waals surface area contributed by atoms with Crippen molar-refractivity contribution >= 4 is 29.1 Å². The average molecular weight is 372 g/mol. The lowest BCUT2D eigenvalue weighted by molar-refractivity contribution is -0.123. The minimum Gasteiger partial charge on any atom is -0.322 e. The van der Waals surface area contributed by atoms with E-state index in [1.54, 1.807) is 24.3 Å². The minimum atomic E-state index is -0.227. The van der Waals surface area contributed by atoms with E-state index in [-0.39, 0.29) is 41.4 Å². The van der Waals surface area contributed by atoms with Crippen molar-refractivity contribution in [1.82, 2.24) is 0 Å². The molecule has 2 bridgehead atoms. The third-order valence-corrected chi connectivity index (χ3v) is 6.13. The lowest BCUT2D eigenvalue weighted by atomic mass is 9.85. The van der Waals surface area contributed by atoms with Gasteiger partial charge in [0.1, 0.15) is 0 Å². The highest BCUT2D eigenvalue weighted by atomic mass is 16.2. The van der Waals surface area contributed by atoms with E-state index in [0.717, 1.165) is 17.7 Å². The van der Waals surface area contributed by atoms with Crippen LogP contribution in [-0.2, 0) is 9.59 Å². The van der Waals surface area contributed by atoms with Crippen molar-refractivity contribution in [1.29, 1.82) is 0 Å². The normalized spacial score (nSPS) is 27.4. The number of allylic oxidation sites excluding steroid dienone is 2. The number of carbonyl (C=O) groups is 3. The summed E-state index contributed by atoms with van der Waals surface area (Å²) in [6.07, 6.45) is 5.08. The summed E-state index contributed by atoms with van der Waals surface area (Å²) in [5.74, 6) is -0.492. The van der Waals surface area contributed by atoms with Crippen LogP contribution in [0.25, 0.3) is 0 Å². The second-order valence-electron chi connectivity index (χ2n) is 7.88. The first-order valence-electron chi connectivity index (χ1n) is 9.57. The van der Waals surface area contributed by atoms with Crippen molar-refractivity contribution in [3.8, 4) is 0 Å². The van der Waals surface area contributed by atoms with Crippen LogP contribution in [0.3, 0.4) is 0 Å². The summed E-state index contributed by atoms with van der Waals surface area (Å²) < 4.78 is 0. The van der Waals surface area contributed by atoms with E-state index in [1.807, 2.05) is 31.2 Å². The Hall–Kier alpha value is -3.21. The molecule has 1 saturated carbocycles. The van der Waals surface area contributed by atoms with E-state index in [1.165, 1.54) is 4.90 Å². The highest BCUT2D eigenvalue weighted by Crippen LogP contribution is 2.53. The van der Waals surface area contributed by atoms with E-state index in [9.17, 15) is 14.4 Å². The Morgan fingerprint density at radius 1 is 0.964 bits per heavy atom. The van der Waals surface area contributed by atoms with Gasteiger partial charge in [0, 0.05) is 11.3 Å². The fourth-order valence-electron chi connectivity index (χ4n) is 4.84. The maximum Gasteiger partial charge on any atom is 0.255 e. The van der Waals surface area contributed by atoms with Crippen molar-refractivity contribution in [3.05, 3.63) is 71.8 Å². The summed E-state index contributed by atoms with van der Waals surface area (Å²) in [5, 5.41) is 2.86. The molecular weight excluding hydrogens is 352 g/mol. The molecule has 0 radical (unpaired) electrons. The Kier molecular flexibility index (Phi) is 3.72. The van der Waals surface area contributed by atoms with E-state index in [0.29, 0.717) is 11.3 Å². The van der Waals surface area contributed by atoms with E-state index >= 15 is 0 Å². The zero-order valence-corrected chi connectivity index (χ0v) is 15.5. The van der Waals surface area contributed by atoms with E-state index in [4.69, 9.17) is 0 Å². The number of imide groups is 1. The summed E-state index contributed by atoms with van der Waals surface area (Å²) >= 11 is 0. The van der Waals surface area contributed by atoms with Gasteiger partial charge >= 0.3 is 0 Å². The SMILES string of the molecule is Cc1cccc(NC(=O)c2ccc(N3C(=O)[C@@H]4[C@H](C3=O)[C@H]3C=C[C@@H]4C3)cc2)c1. The lowest BCUT2D eigenvalue weighted by Crippen LogP contribution is -2.32. The van der Waals surface area contributed by atoms with Crippen molar-refractivity contribution in [2.24, 2.45) is 23.7 Å². The third-order valence-electron chi connectivity index (χ3n) is 6.13. The van der Waals surface area contributed by atoms with Gasteiger partial charge in [-0.25, -0.2) is 0 Å². The van der Waals surface area contributed by atoms with Crippen LogP contribution in [0.15, 0.2) is 60.7 Å². The highest BCUT2D eigenvalue weighted by molar-refractivity contribution is 6.23. The monoisotopic (exact) mass is 372 g/mol. The molecule has 140 valence electrons. The van der Waals surface area contributed by atoms with Gasteiger partial charge in [-0.3, -0.25) is 19.3 Å². The number of nitrogens with one attached hydrogen (secondary N) is 1. The van der Waals surface area contributed by atoms with Gasteiger partial charge in [-0.1, -0.05) is 24.3 Å². The Balaban J connectivity index is 1.35. The van der Waals surface area contributed by atoms with Crippen LogP contribution < -0.4 is 10.2 Å². The molecular formula is C23H20N2O3. The highest BCUT2D eigenvalue weighted by Gasteiger charge is 2.59. The van der Waals surface area contributed by atoms with Crippen LogP contribution in [0.4, 0.5) is 11.4 Å². The first-order chi connectivity index (χ1) is 13.5. The maximum atomic E-state index is 12.9. The summed E-state index contributed by atoms with van der Waals surface area (Å²) in [5.41, 5.74) is 2.81. The first kappa shape index (κ1) is 16.9. The quantitative estimate of drug-likeness (QED) is 0.662. The number of aryl methyl sites for hydroxylation is 1. The molecule has 0 aromatic heterocycles. The van der Waals surface area contributed by atoms with Gasteiger partial charge in [0.25, 0.3) is 5.91 Å². The Morgan fingerprint density at radius 2 is 1.61 bits per heavy atom. The van der Waals surface area contributed by atoms with Crippen LogP contribution >= 0.6 is 0 Å². The zero-order valence-electron chi connectivity index (χ0n) is 15.5. The predicted molar refractivity (Wildman–Crippen MR) is 106 cm³/mol. The van der Waals surface area contributed by atoms with Crippen molar-refractivity contribution in [3.63, 3.8) is 0 Å². The standard InChI is InChI=1S/C23H20N2O3/c1-13-3-2-4-17(11-13)24-21(26)14-7-9-18(10-8-14)25-22(27)19-15-5-6-16(12-15)20(19)23(25)28/h2-11,15-16,19-20H,12H2,1H3,(H,24,26)/t15-,16+,19+,20-. The molecule has 0 spiro atoms. The first-order valence-corrected chi connectivity index (χ1v) is 9.57. The van der Waals surface area contributed by atoms with Crippen molar-refractivity contribution < 1.29 is 14.4 Å². The summed E-state index contributed by atoms with van der Waals surface area (Å²) in [6, 6.07) is 14.2. The molecule has 1 aliphatic heterocycles. The number of fused-ring (bicyclic) bond motifs is 5. The van der Waals surface area contributed by atoms with Crippen LogP contribution in [0, 0.1) is 30.6 Å². The Bertz CT molecular complexity index is 994. The number of carbonyl (C=O) groups excluding carboxylic acids is 3. The van der Waals surface area contributed by atoms with Gasteiger partial charge in [-0.15, -0.1) is 0 Å². The average Bonchev–Trinajstić information content (AvgIpc) is 3.36. The molecule has 2 aromatic rings. The third kappa shape index (κ3) is 2.50. The molecule has 28 heavy (non-hydrogen) atoms. The molecule has 2 aliphatic carbocycles. The maximum absolute atomic E-state index is 12.9. The van der Waals surface area contributed by atoms with E-state index in [2.05, 4.69) is 17.5 Å². The summed E-state index contributed by atoms with van der Waals surface area (Å²) in [7, 11) is 0. The van der Waals surface area contributed by atoms with Crippen molar-refractivity contribution in [2.75, 3.05) is 10.2 Å². The van der Waals surface area contributed by atoms with Gasteiger partial charge in [-0.2, -0.15) is 0 Å². The van der Waals surface area contributed by atoms with Gasteiger partial charge < -0.3 is 5.32 Å². The number of hydrogen-bond acceptors (Lipinski definition) is 3. The van der Waals surface area contributed by atoms with Crippen molar-refractivity contribution in [2.45, 2.75) is 13.3 Å². The minimum absolute atomic E-state index is 0.108. The molecule has 1 N–H and O–H groups in total. The Labute approximate surface area is 163 Å². The van der Waals surface area contributed by atoms with Crippen LogP contribution in [-0.4, -0.2) is 17.7 Å². The molecule has 0 unspecified atom stereocenters. The van der Waals surface area contributed by atoms with Crippen LogP contribution in [0.1, 0.15) is 22.3 Å². The second-order valence-corrected chi connectivity index (χ2v) is 7.88. The zero-order chi connectivity index (χ0) is 19.4. The number of rotatable bonds is 3. The summed E-state index contributed by atoms with van der Waals surface area (Å²) in [4.78, 5) is 39.5. The molecule has 3 aliphatic rings. The molecule has 5 nitrogen and oxygen atoms in total. The predicted octanol–water partition coefficient (Wildman–Crippen LogP) is 3.56. The smallest absolute Gasteiger partial charge is 0.255 e. The largest absolute Gasteiger partial charge is 0.322 e. The molecule has 5 heteroatoms. The topological polar surface area (TPSA) is 66.5 Å². The number of nitrogens with zero attached hydrogens (tertiary/aromatic N) is 1. The number of hydrogen-bond donors (Lipinski definition) is 1. The fourth-order valence-corrected chi connectivity index (χ4v) is 4.84. The number of amides is 3. The summed E-state index contributed by atoms with van der Waals surface area (Å²) in [6.45, 7) is 1.96. The molecule has 4 atom stereocenters. The fraction of sp³-hybridized carbons (Fsp3) is 0.261.